The van der Waals surface area contributed by atoms with Gasteiger partial charge in [0, 0.05) is 50.1 Å². The molecule has 0 amide bonds. The van der Waals surface area contributed by atoms with Crippen molar-refractivity contribution in [1.29, 1.82) is 0 Å². The third kappa shape index (κ3) is 4.13. The SMILES string of the molecule is CC(C)(C)C(Cn1ccnc1)NCc1cnccn1. The minimum atomic E-state index is 0.159. The van der Waals surface area contributed by atoms with Gasteiger partial charge in [-0.15, -0.1) is 0 Å². The zero-order chi connectivity index (χ0) is 13.7. The second-order valence-electron chi connectivity index (χ2n) is 5.76. The average Bonchev–Trinajstić information content (AvgIpc) is 2.87. The second kappa shape index (κ2) is 5.93. The van der Waals surface area contributed by atoms with E-state index < -0.39 is 0 Å². The Morgan fingerprint density at radius 1 is 1.21 bits per heavy atom. The highest BCUT2D eigenvalue weighted by Gasteiger charge is 2.24. The van der Waals surface area contributed by atoms with Crippen molar-refractivity contribution in [2.75, 3.05) is 0 Å². The van der Waals surface area contributed by atoms with Crippen molar-refractivity contribution in [3.8, 4) is 0 Å². The number of imidazole rings is 1. The molecule has 0 aromatic carbocycles. The Morgan fingerprint density at radius 2 is 2.05 bits per heavy atom. The Hall–Kier alpha value is -1.75. The molecule has 19 heavy (non-hydrogen) atoms. The van der Waals surface area contributed by atoms with E-state index in [9.17, 15) is 0 Å². The van der Waals surface area contributed by atoms with Crippen molar-refractivity contribution in [2.24, 2.45) is 5.41 Å². The monoisotopic (exact) mass is 259 g/mol. The molecule has 0 aliphatic carbocycles. The molecular formula is C14H21N5. The predicted octanol–water partition coefficient (Wildman–Crippen LogP) is 1.88. The van der Waals surface area contributed by atoms with Gasteiger partial charge >= 0.3 is 0 Å². The third-order valence-corrected chi connectivity index (χ3v) is 3.14. The second-order valence-corrected chi connectivity index (χ2v) is 5.76. The first-order valence-corrected chi connectivity index (χ1v) is 6.50. The molecule has 102 valence electrons. The van der Waals surface area contributed by atoms with Crippen LogP contribution in [0, 0.1) is 5.41 Å². The average molecular weight is 259 g/mol. The molecule has 0 saturated heterocycles. The molecule has 0 aliphatic heterocycles. The van der Waals surface area contributed by atoms with Crippen molar-refractivity contribution < 1.29 is 0 Å². The van der Waals surface area contributed by atoms with Gasteiger partial charge < -0.3 is 9.88 Å². The van der Waals surface area contributed by atoms with Crippen molar-refractivity contribution in [1.82, 2.24) is 24.8 Å². The van der Waals surface area contributed by atoms with Crippen molar-refractivity contribution in [2.45, 2.75) is 39.9 Å². The van der Waals surface area contributed by atoms with E-state index in [0.717, 1.165) is 18.8 Å². The van der Waals surface area contributed by atoms with Crippen molar-refractivity contribution in [3.63, 3.8) is 0 Å². The van der Waals surface area contributed by atoms with Crippen molar-refractivity contribution in [3.05, 3.63) is 43.0 Å². The lowest BCUT2D eigenvalue weighted by atomic mass is 9.86. The van der Waals surface area contributed by atoms with Gasteiger partial charge in [-0.1, -0.05) is 20.8 Å². The first-order valence-electron chi connectivity index (χ1n) is 6.50. The molecule has 0 bridgehead atoms. The van der Waals surface area contributed by atoms with Gasteiger partial charge in [0.25, 0.3) is 0 Å². The highest BCUT2D eigenvalue weighted by atomic mass is 15.1. The van der Waals surface area contributed by atoms with Crippen LogP contribution in [0.2, 0.25) is 0 Å². The molecule has 2 aromatic heterocycles. The standard InChI is InChI=1S/C14H21N5/c1-14(2,3)13(10-19-7-6-16-11-19)18-9-12-8-15-4-5-17-12/h4-8,11,13,18H,9-10H2,1-3H3. The lowest BCUT2D eigenvalue weighted by Crippen LogP contribution is -2.43. The number of aromatic nitrogens is 4. The fraction of sp³-hybridized carbons (Fsp3) is 0.500. The molecule has 1 N–H and O–H groups in total. The minimum Gasteiger partial charge on any atom is -0.336 e. The van der Waals surface area contributed by atoms with Crippen LogP contribution in [0.4, 0.5) is 0 Å². The molecule has 2 aromatic rings. The zero-order valence-corrected chi connectivity index (χ0v) is 11.7. The molecule has 0 fully saturated rings. The number of rotatable bonds is 5. The van der Waals surface area contributed by atoms with Gasteiger partial charge in [0.2, 0.25) is 0 Å². The highest BCUT2D eigenvalue weighted by molar-refractivity contribution is 4.95. The molecule has 0 aliphatic rings. The van der Waals surface area contributed by atoms with Gasteiger partial charge in [0.1, 0.15) is 0 Å². The van der Waals surface area contributed by atoms with E-state index in [0.29, 0.717) is 6.04 Å². The molecule has 5 heteroatoms. The highest BCUT2D eigenvalue weighted by Crippen LogP contribution is 2.21. The maximum atomic E-state index is 4.29. The molecule has 0 saturated carbocycles. The lowest BCUT2D eigenvalue weighted by molar-refractivity contribution is 0.239. The summed E-state index contributed by atoms with van der Waals surface area (Å²) in [5.74, 6) is 0. The Morgan fingerprint density at radius 3 is 2.63 bits per heavy atom. The summed E-state index contributed by atoms with van der Waals surface area (Å²) in [6.45, 7) is 8.32. The quantitative estimate of drug-likeness (QED) is 0.890. The fourth-order valence-electron chi connectivity index (χ4n) is 1.90. The van der Waals surface area contributed by atoms with E-state index in [1.54, 1.807) is 18.6 Å². The smallest absolute Gasteiger partial charge is 0.0946 e. The van der Waals surface area contributed by atoms with E-state index in [4.69, 9.17) is 0 Å². The molecule has 2 rings (SSSR count). The van der Waals surface area contributed by atoms with Gasteiger partial charge in [0.15, 0.2) is 0 Å². The molecule has 1 atom stereocenters. The van der Waals surface area contributed by atoms with Crippen LogP contribution >= 0.6 is 0 Å². The van der Waals surface area contributed by atoms with E-state index >= 15 is 0 Å². The van der Waals surface area contributed by atoms with Crippen LogP contribution in [-0.4, -0.2) is 25.6 Å². The predicted molar refractivity (Wildman–Crippen MR) is 74.3 cm³/mol. The Bertz CT molecular complexity index is 472. The van der Waals surface area contributed by atoms with Crippen LogP contribution in [0.25, 0.3) is 0 Å². The summed E-state index contributed by atoms with van der Waals surface area (Å²) in [6.07, 6.45) is 10.9. The summed E-state index contributed by atoms with van der Waals surface area (Å²) < 4.78 is 2.10. The van der Waals surface area contributed by atoms with Gasteiger partial charge in [-0.05, 0) is 5.41 Å². The van der Waals surface area contributed by atoms with Gasteiger partial charge in [0.05, 0.1) is 12.0 Å². The van der Waals surface area contributed by atoms with Gasteiger partial charge in [-0.3, -0.25) is 9.97 Å². The van der Waals surface area contributed by atoms with Crippen LogP contribution in [0.15, 0.2) is 37.3 Å². The van der Waals surface area contributed by atoms with Crippen LogP contribution in [-0.2, 0) is 13.1 Å². The molecule has 1 unspecified atom stereocenters. The maximum Gasteiger partial charge on any atom is 0.0946 e. The van der Waals surface area contributed by atoms with Gasteiger partial charge in [-0.2, -0.15) is 0 Å². The summed E-state index contributed by atoms with van der Waals surface area (Å²) in [5, 5.41) is 3.56. The van der Waals surface area contributed by atoms with Gasteiger partial charge in [-0.25, -0.2) is 4.98 Å². The van der Waals surface area contributed by atoms with E-state index in [1.165, 1.54) is 0 Å². The van der Waals surface area contributed by atoms with E-state index in [-0.39, 0.29) is 5.41 Å². The Labute approximate surface area is 114 Å². The number of nitrogens with zero attached hydrogens (tertiary/aromatic N) is 4. The first kappa shape index (κ1) is 13.7. The van der Waals surface area contributed by atoms with Crippen LogP contribution in [0.5, 0.6) is 0 Å². The molecule has 2 heterocycles. The third-order valence-electron chi connectivity index (χ3n) is 3.14. The normalized spacial score (nSPS) is 13.4. The molecule has 5 nitrogen and oxygen atoms in total. The number of nitrogens with one attached hydrogen (secondary N) is 1. The first-order chi connectivity index (χ1) is 9.05. The summed E-state index contributed by atoms with van der Waals surface area (Å²) in [6, 6.07) is 0.337. The Balaban J connectivity index is 1.99. The van der Waals surface area contributed by atoms with E-state index in [1.807, 2.05) is 18.7 Å². The molecule has 0 spiro atoms. The summed E-state index contributed by atoms with van der Waals surface area (Å²) in [5.41, 5.74) is 1.12. The zero-order valence-electron chi connectivity index (χ0n) is 11.7. The summed E-state index contributed by atoms with van der Waals surface area (Å²) >= 11 is 0. The Kier molecular flexibility index (Phi) is 4.27. The molecule has 0 radical (unpaired) electrons. The van der Waals surface area contributed by atoms with Crippen molar-refractivity contribution >= 4 is 0 Å². The van der Waals surface area contributed by atoms with Crippen LogP contribution < -0.4 is 5.32 Å². The molecular weight excluding hydrogens is 238 g/mol. The minimum absolute atomic E-state index is 0.159. The summed E-state index contributed by atoms with van der Waals surface area (Å²) in [4.78, 5) is 12.5. The maximum absolute atomic E-state index is 4.29. The van der Waals surface area contributed by atoms with Crippen LogP contribution in [0.3, 0.4) is 0 Å². The summed E-state index contributed by atoms with van der Waals surface area (Å²) in [7, 11) is 0. The fourth-order valence-corrected chi connectivity index (χ4v) is 1.90. The van der Waals surface area contributed by atoms with Crippen LogP contribution in [0.1, 0.15) is 26.5 Å². The number of hydrogen-bond donors (Lipinski definition) is 1. The lowest BCUT2D eigenvalue weighted by Gasteiger charge is -2.32. The largest absolute Gasteiger partial charge is 0.336 e. The number of hydrogen-bond acceptors (Lipinski definition) is 4. The van der Waals surface area contributed by atoms with E-state index in [2.05, 4.69) is 45.6 Å². The topological polar surface area (TPSA) is 55.6 Å².